The molecular formula is C14H15ClN2O4. The number of nitrogens with one attached hydrogen (secondary N) is 1. The standard InChI is InChI=1S/C14H15ClN2O4/c15-12-8-7-9(13(19)17-6-2-1-5-16)14(20)21-11(8)4-3-10(12)18/h3-4,7,18H,1-2,5-6,16H2,(H,17,19). The number of carbonyl (C=O) groups is 1. The second kappa shape index (κ2) is 6.60. The molecule has 0 spiro atoms. The number of carbonyl (C=O) groups excluding carboxylic acids is 1. The first kappa shape index (κ1) is 15.3. The molecule has 0 atom stereocenters. The molecule has 21 heavy (non-hydrogen) atoms. The SMILES string of the molecule is NCCCCNC(=O)c1cc2c(Cl)c(O)ccc2oc1=O. The fourth-order valence-corrected chi connectivity index (χ4v) is 2.08. The third-order valence-electron chi connectivity index (χ3n) is 2.99. The van der Waals surface area contributed by atoms with Gasteiger partial charge >= 0.3 is 5.63 Å². The van der Waals surface area contributed by atoms with Crippen LogP contribution in [0, 0.1) is 0 Å². The lowest BCUT2D eigenvalue weighted by Gasteiger charge is -2.06. The summed E-state index contributed by atoms with van der Waals surface area (Å²) in [5.41, 5.74) is 4.67. The summed E-state index contributed by atoms with van der Waals surface area (Å²) in [4.78, 5) is 23.8. The molecule has 1 amide bonds. The molecule has 0 saturated carbocycles. The van der Waals surface area contributed by atoms with Crippen molar-refractivity contribution in [2.75, 3.05) is 13.1 Å². The molecule has 0 saturated heterocycles. The minimum atomic E-state index is -0.749. The van der Waals surface area contributed by atoms with Gasteiger partial charge in [-0.25, -0.2) is 4.79 Å². The van der Waals surface area contributed by atoms with Gasteiger partial charge in [0.15, 0.2) is 0 Å². The molecule has 0 bridgehead atoms. The number of fused-ring (bicyclic) bond motifs is 1. The molecule has 2 aromatic rings. The van der Waals surface area contributed by atoms with Crippen LogP contribution in [-0.2, 0) is 0 Å². The number of aromatic hydroxyl groups is 1. The van der Waals surface area contributed by atoms with Crippen molar-refractivity contribution in [3.8, 4) is 5.75 Å². The van der Waals surface area contributed by atoms with Crippen LogP contribution in [0.25, 0.3) is 11.0 Å². The molecule has 4 N–H and O–H groups in total. The van der Waals surface area contributed by atoms with Gasteiger partial charge in [0.25, 0.3) is 5.91 Å². The Morgan fingerprint density at radius 1 is 1.38 bits per heavy atom. The van der Waals surface area contributed by atoms with Gasteiger partial charge in [-0.15, -0.1) is 0 Å². The Morgan fingerprint density at radius 2 is 2.14 bits per heavy atom. The predicted molar refractivity (Wildman–Crippen MR) is 79.8 cm³/mol. The second-order valence-corrected chi connectivity index (χ2v) is 4.89. The molecule has 6 nitrogen and oxygen atoms in total. The topological polar surface area (TPSA) is 106 Å². The van der Waals surface area contributed by atoms with E-state index in [1.54, 1.807) is 0 Å². The van der Waals surface area contributed by atoms with E-state index < -0.39 is 11.5 Å². The van der Waals surface area contributed by atoms with Gasteiger partial charge in [-0.3, -0.25) is 4.79 Å². The molecule has 1 aromatic heterocycles. The highest BCUT2D eigenvalue weighted by atomic mass is 35.5. The average molecular weight is 311 g/mol. The molecule has 112 valence electrons. The molecule has 1 heterocycles. The third kappa shape index (κ3) is 3.34. The van der Waals surface area contributed by atoms with Crippen LogP contribution in [0.15, 0.2) is 27.4 Å². The largest absolute Gasteiger partial charge is 0.506 e. The first-order valence-corrected chi connectivity index (χ1v) is 6.86. The van der Waals surface area contributed by atoms with Crippen molar-refractivity contribution < 1.29 is 14.3 Å². The molecule has 7 heteroatoms. The fourth-order valence-electron chi connectivity index (χ4n) is 1.87. The molecule has 0 fully saturated rings. The van der Waals surface area contributed by atoms with Crippen LogP contribution in [-0.4, -0.2) is 24.1 Å². The van der Waals surface area contributed by atoms with E-state index in [0.29, 0.717) is 18.5 Å². The van der Waals surface area contributed by atoms with Gasteiger partial charge in [0.1, 0.15) is 16.9 Å². The zero-order valence-electron chi connectivity index (χ0n) is 11.2. The first-order chi connectivity index (χ1) is 10.0. The van der Waals surface area contributed by atoms with Crippen LogP contribution >= 0.6 is 11.6 Å². The summed E-state index contributed by atoms with van der Waals surface area (Å²) in [5.74, 6) is -0.686. The van der Waals surface area contributed by atoms with Crippen molar-refractivity contribution >= 4 is 28.5 Å². The average Bonchev–Trinajstić information content (AvgIpc) is 2.47. The quantitative estimate of drug-likeness (QED) is 0.575. The molecule has 1 aromatic carbocycles. The highest BCUT2D eigenvalue weighted by molar-refractivity contribution is 6.36. The number of rotatable bonds is 5. The summed E-state index contributed by atoms with van der Waals surface area (Å²) in [6.07, 6.45) is 1.51. The lowest BCUT2D eigenvalue weighted by atomic mass is 10.1. The Morgan fingerprint density at radius 3 is 2.86 bits per heavy atom. The zero-order chi connectivity index (χ0) is 15.4. The van der Waals surface area contributed by atoms with E-state index in [1.165, 1.54) is 18.2 Å². The number of phenolic OH excluding ortho intramolecular Hbond substituents is 1. The van der Waals surface area contributed by atoms with Crippen LogP contribution in [0.3, 0.4) is 0 Å². The summed E-state index contributed by atoms with van der Waals surface area (Å²) in [6, 6.07) is 4.06. The highest BCUT2D eigenvalue weighted by Crippen LogP contribution is 2.31. The predicted octanol–water partition coefficient (Wildman–Crippen LogP) is 1.62. The summed E-state index contributed by atoms with van der Waals surface area (Å²) in [5, 5.41) is 12.5. The van der Waals surface area contributed by atoms with Crippen LogP contribution in [0.2, 0.25) is 5.02 Å². The summed E-state index contributed by atoms with van der Waals surface area (Å²) in [6.45, 7) is 0.962. The van der Waals surface area contributed by atoms with Crippen LogP contribution in [0.4, 0.5) is 0 Å². The number of hydrogen-bond acceptors (Lipinski definition) is 5. The fraction of sp³-hybridized carbons (Fsp3) is 0.286. The maximum atomic E-state index is 12.0. The number of nitrogens with two attached hydrogens (primary N) is 1. The van der Waals surface area contributed by atoms with Crippen molar-refractivity contribution in [1.29, 1.82) is 0 Å². The van der Waals surface area contributed by atoms with Crippen molar-refractivity contribution in [3.63, 3.8) is 0 Å². The van der Waals surface area contributed by atoms with Gasteiger partial charge in [-0.05, 0) is 37.6 Å². The van der Waals surface area contributed by atoms with Gasteiger partial charge in [-0.2, -0.15) is 0 Å². The number of benzene rings is 1. The van der Waals surface area contributed by atoms with Gasteiger partial charge in [-0.1, -0.05) is 11.6 Å². The van der Waals surface area contributed by atoms with Crippen LogP contribution in [0.5, 0.6) is 5.75 Å². The Kier molecular flexibility index (Phi) is 4.82. The number of unbranched alkanes of at least 4 members (excludes halogenated alkanes) is 1. The minimum Gasteiger partial charge on any atom is -0.506 e. The molecular weight excluding hydrogens is 296 g/mol. The number of hydrogen-bond donors (Lipinski definition) is 3. The smallest absolute Gasteiger partial charge is 0.349 e. The van der Waals surface area contributed by atoms with Gasteiger partial charge in [0.2, 0.25) is 0 Å². The molecule has 0 aliphatic rings. The summed E-state index contributed by atoms with van der Waals surface area (Å²) >= 11 is 5.94. The monoisotopic (exact) mass is 310 g/mol. The third-order valence-corrected chi connectivity index (χ3v) is 3.39. The Labute approximate surface area is 125 Å². The zero-order valence-corrected chi connectivity index (χ0v) is 11.9. The van der Waals surface area contributed by atoms with Crippen LogP contribution in [0.1, 0.15) is 23.2 Å². The van der Waals surface area contributed by atoms with Crippen molar-refractivity contribution in [1.82, 2.24) is 5.32 Å². The number of phenols is 1. The number of halogens is 1. The van der Waals surface area contributed by atoms with E-state index >= 15 is 0 Å². The minimum absolute atomic E-state index is 0.0356. The molecule has 0 unspecified atom stereocenters. The van der Waals surface area contributed by atoms with Crippen molar-refractivity contribution in [2.24, 2.45) is 5.73 Å². The normalized spacial score (nSPS) is 10.8. The Bertz CT molecular complexity index is 727. The lowest BCUT2D eigenvalue weighted by molar-refractivity contribution is 0.0949. The van der Waals surface area contributed by atoms with Gasteiger partial charge in [0, 0.05) is 11.9 Å². The first-order valence-electron chi connectivity index (χ1n) is 6.48. The van der Waals surface area contributed by atoms with E-state index in [-0.39, 0.29) is 21.9 Å². The maximum Gasteiger partial charge on any atom is 0.349 e. The van der Waals surface area contributed by atoms with Crippen molar-refractivity contribution in [2.45, 2.75) is 12.8 Å². The molecule has 2 rings (SSSR count). The summed E-state index contributed by atoms with van der Waals surface area (Å²) < 4.78 is 5.05. The lowest BCUT2D eigenvalue weighted by Crippen LogP contribution is -2.29. The molecule has 0 aliphatic heterocycles. The Balaban J connectivity index is 2.31. The molecule has 0 aliphatic carbocycles. The van der Waals surface area contributed by atoms with E-state index in [4.69, 9.17) is 21.8 Å². The van der Waals surface area contributed by atoms with Gasteiger partial charge in [0.05, 0.1) is 5.02 Å². The number of amides is 1. The van der Waals surface area contributed by atoms with E-state index in [9.17, 15) is 14.7 Å². The summed E-state index contributed by atoms with van der Waals surface area (Å²) in [7, 11) is 0. The van der Waals surface area contributed by atoms with Crippen LogP contribution < -0.4 is 16.7 Å². The molecule has 0 radical (unpaired) electrons. The van der Waals surface area contributed by atoms with E-state index in [0.717, 1.165) is 12.8 Å². The second-order valence-electron chi connectivity index (χ2n) is 4.51. The van der Waals surface area contributed by atoms with Gasteiger partial charge < -0.3 is 20.6 Å². The van der Waals surface area contributed by atoms with Crippen molar-refractivity contribution in [3.05, 3.63) is 39.2 Å². The highest BCUT2D eigenvalue weighted by Gasteiger charge is 2.15. The van der Waals surface area contributed by atoms with E-state index in [2.05, 4.69) is 5.32 Å². The Hall–Kier alpha value is -2.05. The maximum absolute atomic E-state index is 12.0. The van der Waals surface area contributed by atoms with E-state index in [1.807, 2.05) is 0 Å².